The normalized spacial score (nSPS) is 21.1. The van der Waals surface area contributed by atoms with Gasteiger partial charge in [-0.15, -0.1) is 0 Å². The van der Waals surface area contributed by atoms with Crippen molar-refractivity contribution >= 4 is 11.6 Å². The summed E-state index contributed by atoms with van der Waals surface area (Å²) in [4.78, 5) is 0. The fourth-order valence-electron chi connectivity index (χ4n) is 2.11. The lowest BCUT2D eigenvalue weighted by Crippen LogP contribution is -2.21. The van der Waals surface area contributed by atoms with Crippen molar-refractivity contribution in [3.63, 3.8) is 0 Å². The standard InChI is InChI=1S/C11H18ClN3/c1-9-11(12)8-15(14-9)7-3-5-10-4-2-6-13-10/h8,10,13H,2-7H2,1H3. The van der Waals surface area contributed by atoms with E-state index < -0.39 is 0 Å². The average Bonchev–Trinajstić information content (AvgIpc) is 2.79. The summed E-state index contributed by atoms with van der Waals surface area (Å²) in [5, 5.41) is 8.61. The number of hydrogen-bond acceptors (Lipinski definition) is 2. The highest BCUT2D eigenvalue weighted by atomic mass is 35.5. The Bertz CT molecular complexity index is 296. The van der Waals surface area contributed by atoms with Crippen LogP contribution in [0.1, 0.15) is 31.4 Å². The van der Waals surface area contributed by atoms with E-state index >= 15 is 0 Å². The fraction of sp³-hybridized carbons (Fsp3) is 0.727. The van der Waals surface area contributed by atoms with E-state index in [-0.39, 0.29) is 0 Å². The molecule has 0 aromatic carbocycles. The van der Waals surface area contributed by atoms with E-state index in [1.807, 2.05) is 17.8 Å². The number of aromatic nitrogens is 2. The molecule has 1 saturated heterocycles. The molecule has 1 N–H and O–H groups in total. The molecule has 0 radical (unpaired) electrons. The van der Waals surface area contributed by atoms with Gasteiger partial charge < -0.3 is 5.32 Å². The molecule has 1 aliphatic rings. The van der Waals surface area contributed by atoms with Crippen molar-refractivity contribution in [2.75, 3.05) is 6.54 Å². The number of hydrogen-bond donors (Lipinski definition) is 1. The molecule has 15 heavy (non-hydrogen) atoms. The van der Waals surface area contributed by atoms with E-state index in [9.17, 15) is 0 Å². The third-order valence-electron chi connectivity index (χ3n) is 2.99. The molecule has 1 unspecified atom stereocenters. The van der Waals surface area contributed by atoms with Crippen molar-refractivity contribution in [2.24, 2.45) is 0 Å². The van der Waals surface area contributed by atoms with Crippen molar-refractivity contribution in [1.29, 1.82) is 0 Å². The van der Waals surface area contributed by atoms with Crippen LogP contribution in [0.4, 0.5) is 0 Å². The van der Waals surface area contributed by atoms with E-state index in [1.54, 1.807) is 0 Å². The highest BCUT2D eigenvalue weighted by molar-refractivity contribution is 6.31. The first-order valence-corrected chi connectivity index (χ1v) is 6.06. The minimum absolute atomic E-state index is 0.733. The van der Waals surface area contributed by atoms with Gasteiger partial charge in [-0.25, -0.2) is 0 Å². The van der Waals surface area contributed by atoms with Crippen LogP contribution in [0.2, 0.25) is 5.02 Å². The molecular weight excluding hydrogens is 210 g/mol. The quantitative estimate of drug-likeness (QED) is 0.856. The third kappa shape index (κ3) is 2.95. The fourth-order valence-corrected chi connectivity index (χ4v) is 2.26. The highest BCUT2D eigenvalue weighted by Crippen LogP contribution is 2.14. The maximum atomic E-state index is 5.94. The molecule has 84 valence electrons. The van der Waals surface area contributed by atoms with Gasteiger partial charge in [0.05, 0.1) is 10.7 Å². The topological polar surface area (TPSA) is 29.9 Å². The Morgan fingerprint density at radius 2 is 2.53 bits per heavy atom. The second-order valence-electron chi connectivity index (χ2n) is 4.26. The van der Waals surface area contributed by atoms with Crippen LogP contribution in [0.3, 0.4) is 0 Å². The largest absolute Gasteiger partial charge is 0.314 e. The Kier molecular flexibility index (Phi) is 3.65. The predicted octanol–water partition coefficient (Wildman–Crippen LogP) is 2.38. The third-order valence-corrected chi connectivity index (χ3v) is 3.36. The maximum absolute atomic E-state index is 5.94. The number of nitrogens with zero attached hydrogens (tertiary/aromatic N) is 2. The lowest BCUT2D eigenvalue weighted by molar-refractivity contribution is 0.483. The molecule has 0 bridgehead atoms. The van der Waals surface area contributed by atoms with Crippen molar-refractivity contribution in [3.8, 4) is 0 Å². The average molecular weight is 228 g/mol. The summed E-state index contributed by atoms with van der Waals surface area (Å²) in [5.74, 6) is 0. The van der Waals surface area contributed by atoms with Crippen molar-refractivity contribution < 1.29 is 0 Å². The number of aryl methyl sites for hydroxylation is 2. The van der Waals surface area contributed by atoms with Crippen molar-refractivity contribution in [1.82, 2.24) is 15.1 Å². The molecule has 4 heteroatoms. The second-order valence-corrected chi connectivity index (χ2v) is 4.67. The van der Waals surface area contributed by atoms with Gasteiger partial charge >= 0.3 is 0 Å². The van der Waals surface area contributed by atoms with Gasteiger partial charge in [0.15, 0.2) is 0 Å². The first-order valence-electron chi connectivity index (χ1n) is 5.68. The van der Waals surface area contributed by atoms with Crippen molar-refractivity contribution in [2.45, 2.75) is 45.2 Å². The monoisotopic (exact) mass is 227 g/mol. The lowest BCUT2D eigenvalue weighted by Gasteiger charge is -2.09. The zero-order valence-corrected chi connectivity index (χ0v) is 9.93. The minimum Gasteiger partial charge on any atom is -0.314 e. The van der Waals surface area contributed by atoms with Gasteiger partial charge in [-0.3, -0.25) is 4.68 Å². The molecule has 3 nitrogen and oxygen atoms in total. The molecule has 1 aromatic heterocycles. The smallest absolute Gasteiger partial charge is 0.0814 e. The predicted molar refractivity (Wildman–Crippen MR) is 62.2 cm³/mol. The summed E-state index contributed by atoms with van der Waals surface area (Å²) < 4.78 is 1.95. The summed E-state index contributed by atoms with van der Waals surface area (Å²) in [7, 11) is 0. The maximum Gasteiger partial charge on any atom is 0.0814 e. The van der Waals surface area contributed by atoms with Gasteiger partial charge in [-0.1, -0.05) is 11.6 Å². The van der Waals surface area contributed by atoms with Gasteiger partial charge in [0.2, 0.25) is 0 Å². The zero-order chi connectivity index (χ0) is 10.7. The van der Waals surface area contributed by atoms with Gasteiger partial charge in [-0.05, 0) is 39.2 Å². The van der Waals surface area contributed by atoms with E-state index in [1.165, 1.54) is 32.2 Å². The van der Waals surface area contributed by atoms with Crippen LogP contribution in [0.25, 0.3) is 0 Å². The first-order chi connectivity index (χ1) is 7.25. The minimum atomic E-state index is 0.733. The van der Waals surface area contributed by atoms with Gasteiger partial charge in [0, 0.05) is 18.8 Å². The summed E-state index contributed by atoms with van der Waals surface area (Å²) >= 11 is 5.94. The summed E-state index contributed by atoms with van der Waals surface area (Å²) in [5.41, 5.74) is 0.927. The molecule has 2 heterocycles. The number of rotatable bonds is 4. The van der Waals surface area contributed by atoms with Crippen LogP contribution < -0.4 is 5.32 Å². The summed E-state index contributed by atoms with van der Waals surface area (Å²) in [6.45, 7) is 4.11. The molecule has 2 rings (SSSR count). The molecule has 0 amide bonds. The Morgan fingerprint density at radius 3 is 3.13 bits per heavy atom. The first kappa shape index (κ1) is 11.0. The van der Waals surface area contributed by atoms with Crippen LogP contribution in [0, 0.1) is 6.92 Å². The van der Waals surface area contributed by atoms with E-state index in [0.29, 0.717) is 0 Å². The molecule has 1 fully saturated rings. The van der Waals surface area contributed by atoms with E-state index in [4.69, 9.17) is 11.6 Å². The van der Waals surface area contributed by atoms with Crippen molar-refractivity contribution in [3.05, 3.63) is 16.9 Å². The van der Waals surface area contributed by atoms with Crippen LogP contribution >= 0.6 is 11.6 Å². The van der Waals surface area contributed by atoms with Crippen LogP contribution in [-0.2, 0) is 6.54 Å². The molecule has 1 aromatic rings. The second kappa shape index (κ2) is 4.99. The summed E-state index contributed by atoms with van der Waals surface area (Å²) in [6.07, 6.45) is 7.00. The Labute approximate surface area is 95.8 Å². The Balaban J connectivity index is 1.73. The molecule has 0 spiro atoms. The zero-order valence-electron chi connectivity index (χ0n) is 9.17. The molecule has 0 saturated carbocycles. The molecule has 1 aliphatic heterocycles. The molecule has 1 atom stereocenters. The lowest BCUT2D eigenvalue weighted by atomic mass is 10.1. The Hall–Kier alpha value is -0.540. The van der Waals surface area contributed by atoms with E-state index in [0.717, 1.165) is 23.3 Å². The molecular formula is C11H18ClN3. The van der Waals surface area contributed by atoms with E-state index in [2.05, 4.69) is 10.4 Å². The SMILES string of the molecule is Cc1nn(CCCC2CCCN2)cc1Cl. The van der Waals surface area contributed by atoms with Crippen LogP contribution in [0.15, 0.2) is 6.20 Å². The van der Waals surface area contributed by atoms with Crippen LogP contribution in [-0.4, -0.2) is 22.4 Å². The molecule has 0 aliphatic carbocycles. The van der Waals surface area contributed by atoms with Gasteiger partial charge in [0.1, 0.15) is 0 Å². The number of halogens is 1. The number of nitrogens with one attached hydrogen (secondary N) is 1. The van der Waals surface area contributed by atoms with Gasteiger partial charge in [0.25, 0.3) is 0 Å². The summed E-state index contributed by atoms with van der Waals surface area (Å²) in [6, 6.07) is 0.733. The van der Waals surface area contributed by atoms with Crippen LogP contribution in [0.5, 0.6) is 0 Å². The highest BCUT2D eigenvalue weighted by Gasteiger charge is 2.13. The van der Waals surface area contributed by atoms with Gasteiger partial charge in [-0.2, -0.15) is 5.10 Å². The Morgan fingerprint density at radius 1 is 1.67 bits per heavy atom.